The lowest BCUT2D eigenvalue weighted by atomic mass is 10.1. The third-order valence-corrected chi connectivity index (χ3v) is 4.23. The van der Waals surface area contributed by atoms with E-state index >= 15 is 0 Å². The van der Waals surface area contributed by atoms with Crippen LogP contribution in [0.25, 0.3) is 0 Å². The molecule has 0 aliphatic heterocycles. The summed E-state index contributed by atoms with van der Waals surface area (Å²) < 4.78 is 6.25. The summed E-state index contributed by atoms with van der Waals surface area (Å²) in [5.41, 5.74) is 1.21. The SMILES string of the molecule is COc1ccc(C(C)N[C@@H]2C=C[C@H](CO)C2)c(Br)c1. The molecular weight excluding hydrogens is 306 g/mol. The number of nitrogens with one attached hydrogen (secondary N) is 1. The van der Waals surface area contributed by atoms with E-state index < -0.39 is 0 Å². The second kappa shape index (κ2) is 6.55. The Morgan fingerprint density at radius 2 is 2.26 bits per heavy atom. The Bertz CT molecular complexity index is 461. The summed E-state index contributed by atoms with van der Waals surface area (Å²) in [5, 5.41) is 12.7. The number of hydrogen-bond acceptors (Lipinski definition) is 3. The fraction of sp³-hybridized carbons (Fsp3) is 0.467. The summed E-state index contributed by atoms with van der Waals surface area (Å²) in [6.07, 6.45) is 5.21. The van der Waals surface area contributed by atoms with Gasteiger partial charge in [0.25, 0.3) is 0 Å². The van der Waals surface area contributed by atoms with Gasteiger partial charge < -0.3 is 15.2 Å². The quantitative estimate of drug-likeness (QED) is 0.817. The molecule has 3 nitrogen and oxygen atoms in total. The summed E-state index contributed by atoms with van der Waals surface area (Å²) in [4.78, 5) is 0. The predicted octanol–water partition coefficient (Wildman–Crippen LogP) is 3.05. The van der Waals surface area contributed by atoms with Crippen LogP contribution in [0, 0.1) is 5.92 Å². The maximum absolute atomic E-state index is 9.14. The van der Waals surface area contributed by atoms with Crippen LogP contribution in [0.4, 0.5) is 0 Å². The van der Waals surface area contributed by atoms with Crippen LogP contribution < -0.4 is 10.1 Å². The Hall–Kier alpha value is -0.840. The summed E-state index contributed by atoms with van der Waals surface area (Å²) in [6.45, 7) is 2.38. The zero-order chi connectivity index (χ0) is 13.8. The van der Waals surface area contributed by atoms with E-state index in [-0.39, 0.29) is 12.6 Å². The highest BCUT2D eigenvalue weighted by Crippen LogP contribution is 2.29. The number of benzene rings is 1. The fourth-order valence-electron chi connectivity index (χ4n) is 2.43. The molecule has 0 saturated carbocycles. The number of hydrogen-bond donors (Lipinski definition) is 2. The molecule has 0 aromatic heterocycles. The van der Waals surface area contributed by atoms with Crippen molar-refractivity contribution in [3.8, 4) is 5.75 Å². The molecule has 1 aromatic rings. The van der Waals surface area contributed by atoms with E-state index in [1.165, 1.54) is 5.56 Å². The Balaban J connectivity index is 2.00. The van der Waals surface area contributed by atoms with Crippen LogP contribution in [0.15, 0.2) is 34.8 Å². The minimum absolute atomic E-state index is 0.231. The zero-order valence-electron chi connectivity index (χ0n) is 11.3. The summed E-state index contributed by atoms with van der Waals surface area (Å²) in [7, 11) is 1.67. The lowest BCUT2D eigenvalue weighted by Crippen LogP contribution is -2.29. The van der Waals surface area contributed by atoms with Crippen LogP contribution in [0.5, 0.6) is 5.75 Å². The molecule has 1 unspecified atom stereocenters. The number of aliphatic hydroxyl groups is 1. The zero-order valence-corrected chi connectivity index (χ0v) is 12.9. The monoisotopic (exact) mass is 325 g/mol. The summed E-state index contributed by atoms with van der Waals surface area (Å²) in [6, 6.07) is 6.60. The van der Waals surface area contributed by atoms with Gasteiger partial charge in [0.2, 0.25) is 0 Å². The standard InChI is InChI=1S/C15H20BrNO2/c1-10(17-12-4-3-11(7-12)9-18)14-6-5-13(19-2)8-15(14)16/h3-6,8,10-12,17-18H,7,9H2,1-2H3/t10?,11-,12+/m0/s1. The molecule has 1 aliphatic carbocycles. The Kier molecular flexibility index (Phi) is 5.02. The topological polar surface area (TPSA) is 41.5 Å². The van der Waals surface area contributed by atoms with Crippen LogP contribution in [-0.4, -0.2) is 24.9 Å². The van der Waals surface area contributed by atoms with Gasteiger partial charge in [0, 0.05) is 29.1 Å². The van der Waals surface area contributed by atoms with Crippen LogP contribution in [0.2, 0.25) is 0 Å². The molecule has 0 spiro atoms. The minimum Gasteiger partial charge on any atom is -0.497 e. The van der Waals surface area contributed by atoms with E-state index in [2.05, 4.69) is 46.4 Å². The van der Waals surface area contributed by atoms with E-state index in [0.717, 1.165) is 16.6 Å². The molecule has 2 rings (SSSR count). The predicted molar refractivity (Wildman–Crippen MR) is 80.4 cm³/mol. The third kappa shape index (κ3) is 3.59. The number of halogens is 1. The van der Waals surface area contributed by atoms with Gasteiger partial charge in [-0.2, -0.15) is 0 Å². The second-order valence-electron chi connectivity index (χ2n) is 4.95. The van der Waals surface area contributed by atoms with Crippen molar-refractivity contribution in [3.63, 3.8) is 0 Å². The average Bonchev–Trinajstić information content (AvgIpc) is 2.86. The molecule has 0 bridgehead atoms. The van der Waals surface area contributed by atoms with Crippen molar-refractivity contribution in [2.24, 2.45) is 5.92 Å². The van der Waals surface area contributed by atoms with Gasteiger partial charge in [-0.1, -0.05) is 34.1 Å². The highest BCUT2D eigenvalue weighted by Gasteiger charge is 2.20. The van der Waals surface area contributed by atoms with Gasteiger partial charge in [0.15, 0.2) is 0 Å². The van der Waals surface area contributed by atoms with Crippen molar-refractivity contribution in [3.05, 3.63) is 40.4 Å². The number of aliphatic hydroxyl groups excluding tert-OH is 1. The highest BCUT2D eigenvalue weighted by molar-refractivity contribution is 9.10. The van der Waals surface area contributed by atoms with E-state index in [4.69, 9.17) is 9.84 Å². The van der Waals surface area contributed by atoms with Gasteiger partial charge in [-0.3, -0.25) is 0 Å². The highest BCUT2D eigenvalue weighted by atomic mass is 79.9. The van der Waals surface area contributed by atoms with Crippen molar-refractivity contribution in [2.75, 3.05) is 13.7 Å². The van der Waals surface area contributed by atoms with Crippen LogP contribution in [0.1, 0.15) is 24.9 Å². The molecule has 19 heavy (non-hydrogen) atoms. The van der Waals surface area contributed by atoms with Gasteiger partial charge in [0.1, 0.15) is 5.75 Å². The molecule has 0 fully saturated rings. The molecule has 4 heteroatoms. The van der Waals surface area contributed by atoms with Crippen molar-refractivity contribution in [2.45, 2.75) is 25.4 Å². The molecule has 3 atom stereocenters. The number of ether oxygens (including phenoxy) is 1. The van der Waals surface area contributed by atoms with Crippen LogP contribution in [-0.2, 0) is 0 Å². The van der Waals surface area contributed by atoms with E-state index in [1.54, 1.807) is 7.11 Å². The smallest absolute Gasteiger partial charge is 0.120 e. The maximum atomic E-state index is 9.14. The van der Waals surface area contributed by atoms with Gasteiger partial charge in [-0.05, 0) is 31.0 Å². The molecule has 0 radical (unpaired) electrons. The first kappa shape index (κ1) is 14.6. The molecule has 0 heterocycles. The van der Waals surface area contributed by atoms with Gasteiger partial charge in [0.05, 0.1) is 7.11 Å². The molecule has 0 amide bonds. The van der Waals surface area contributed by atoms with Gasteiger partial charge in [-0.15, -0.1) is 0 Å². The summed E-state index contributed by atoms with van der Waals surface area (Å²) >= 11 is 3.59. The first-order valence-electron chi connectivity index (χ1n) is 6.52. The summed E-state index contributed by atoms with van der Waals surface area (Å²) in [5.74, 6) is 1.15. The number of methoxy groups -OCH3 is 1. The lowest BCUT2D eigenvalue weighted by Gasteiger charge is -2.21. The largest absolute Gasteiger partial charge is 0.497 e. The third-order valence-electron chi connectivity index (χ3n) is 3.54. The van der Waals surface area contributed by atoms with Crippen LogP contribution in [0.3, 0.4) is 0 Å². The second-order valence-corrected chi connectivity index (χ2v) is 5.80. The molecule has 104 valence electrons. The average molecular weight is 326 g/mol. The molecule has 1 aliphatic rings. The number of rotatable bonds is 5. The Morgan fingerprint density at radius 1 is 1.47 bits per heavy atom. The first-order chi connectivity index (χ1) is 9.13. The van der Waals surface area contributed by atoms with E-state index in [0.29, 0.717) is 12.0 Å². The van der Waals surface area contributed by atoms with Gasteiger partial charge >= 0.3 is 0 Å². The van der Waals surface area contributed by atoms with Crippen LogP contribution >= 0.6 is 15.9 Å². The normalized spacial score (nSPS) is 23.6. The maximum Gasteiger partial charge on any atom is 0.120 e. The molecular formula is C15H20BrNO2. The van der Waals surface area contributed by atoms with Crippen molar-refractivity contribution in [1.82, 2.24) is 5.32 Å². The van der Waals surface area contributed by atoms with Crippen molar-refractivity contribution >= 4 is 15.9 Å². The Labute approximate surface area is 122 Å². The van der Waals surface area contributed by atoms with E-state index in [1.807, 2.05) is 12.1 Å². The molecule has 1 aromatic carbocycles. The minimum atomic E-state index is 0.231. The van der Waals surface area contributed by atoms with Crippen molar-refractivity contribution in [1.29, 1.82) is 0 Å². The molecule has 0 saturated heterocycles. The van der Waals surface area contributed by atoms with Gasteiger partial charge in [-0.25, -0.2) is 0 Å². The fourth-order valence-corrected chi connectivity index (χ4v) is 3.13. The molecule has 2 N–H and O–H groups in total. The van der Waals surface area contributed by atoms with Crippen molar-refractivity contribution < 1.29 is 9.84 Å². The Morgan fingerprint density at radius 3 is 2.84 bits per heavy atom. The first-order valence-corrected chi connectivity index (χ1v) is 7.32. The van der Waals surface area contributed by atoms with E-state index in [9.17, 15) is 0 Å². The lowest BCUT2D eigenvalue weighted by molar-refractivity contribution is 0.245.